The first-order chi connectivity index (χ1) is 5.70. The molecule has 0 aliphatic carbocycles. The van der Waals surface area contributed by atoms with E-state index in [1.807, 2.05) is 16.7 Å². The molecule has 0 aromatic heterocycles. The minimum atomic E-state index is 0.215. The fourth-order valence-corrected chi connectivity index (χ4v) is 1.69. The average molecular weight is 170 g/mol. The van der Waals surface area contributed by atoms with Crippen LogP contribution in [0.5, 0.6) is 0 Å². The highest BCUT2D eigenvalue weighted by molar-refractivity contribution is 5.77. The van der Waals surface area contributed by atoms with Crippen LogP contribution in [0.25, 0.3) is 0 Å². The number of likely N-dealkylation sites (N-methyl/N-ethyl adjacent to an activating group) is 1. The number of urea groups is 1. The molecule has 1 unspecified atom stereocenters. The molecule has 0 aromatic rings. The Hall–Kier alpha value is -0.730. The molecule has 12 heavy (non-hydrogen) atoms. The molecule has 0 aromatic carbocycles. The Morgan fingerprint density at radius 3 is 2.58 bits per heavy atom. The first kappa shape index (κ1) is 9.36. The van der Waals surface area contributed by atoms with Gasteiger partial charge in [0, 0.05) is 25.7 Å². The Labute approximate surface area is 74.3 Å². The van der Waals surface area contributed by atoms with Crippen LogP contribution in [-0.2, 0) is 0 Å². The molecule has 1 atom stereocenters. The molecule has 0 saturated carbocycles. The third-order valence-corrected chi connectivity index (χ3v) is 2.38. The summed E-state index contributed by atoms with van der Waals surface area (Å²) in [5.41, 5.74) is 0. The number of nitrogens with zero attached hydrogens (tertiary/aromatic N) is 2. The fourth-order valence-electron chi connectivity index (χ4n) is 1.69. The van der Waals surface area contributed by atoms with Gasteiger partial charge in [0.25, 0.3) is 0 Å². The van der Waals surface area contributed by atoms with Gasteiger partial charge in [-0.25, -0.2) is 4.79 Å². The van der Waals surface area contributed by atoms with Crippen molar-refractivity contribution in [1.29, 1.82) is 0 Å². The molecule has 1 aliphatic rings. The van der Waals surface area contributed by atoms with Gasteiger partial charge in [-0.15, -0.1) is 0 Å². The molecule has 2 amide bonds. The van der Waals surface area contributed by atoms with E-state index >= 15 is 0 Å². The van der Waals surface area contributed by atoms with E-state index < -0.39 is 0 Å². The highest BCUT2D eigenvalue weighted by Gasteiger charge is 2.32. The van der Waals surface area contributed by atoms with Crippen molar-refractivity contribution >= 4 is 6.03 Å². The van der Waals surface area contributed by atoms with Gasteiger partial charge >= 0.3 is 6.03 Å². The summed E-state index contributed by atoms with van der Waals surface area (Å²) in [4.78, 5) is 15.5. The molecule has 0 N–H and O–H groups in total. The molecule has 1 aliphatic heterocycles. The molecule has 1 saturated heterocycles. The summed E-state index contributed by atoms with van der Waals surface area (Å²) >= 11 is 0. The van der Waals surface area contributed by atoms with E-state index in [1.54, 1.807) is 0 Å². The topological polar surface area (TPSA) is 23.6 Å². The van der Waals surface area contributed by atoms with Crippen molar-refractivity contribution in [3.05, 3.63) is 0 Å². The Balaban J connectivity index is 2.57. The molecule has 1 fully saturated rings. The van der Waals surface area contributed by atoms with Crippen molar-refractivity contribution in [2.75, 3.05) is 19.6 Å². The number of carbonyl (C=O) groups is 1. The zero-order valence-electron chi connectivity index (χ0n) is 8.21. The lowest BCUT2D eigenvalue weighted by Gasteiger charge is -2.19. The summed E-state index contributed by atoms with van der Waals surface area (Å²) < 4.78 is 0. The summed E-state index contributed by atoms with van der Waals surface area (Å²) in [6, 6.07) is 0.615. The van der Waals surface area contributed by atoms with E-state index in [9.17, 15) is 4.79 Å². The van der Waals surface area contributed by atoms with Crippen LogP contribution >= 0.6 is 0 Å². The zero-order chi connectivity index (χ0) is 9.14. The van der Waals surface area contributed by atoms with Crippen LogP contribution in [0.1, 0.15) is 27.2 Å². The van der Waals surface area contributed by atoms with Crippen LogP contribution in [-0.4, -0.2) is 41.5 Å². The lowest BCUT2D eigenvalue weighted by Crippen LogP contribution is -2.34. The first-order valence-corrected chi connectivity index (χ1v) is 4.76. The van der Waals surface area contributed by atoms with Crippen LogP contribution in [0, 0.1) is 0 Å². The zero-order valence-corrected chi connectivity index (χ0v) is 8.21. The Morgan fingerprint density at radius 1 is 1.50 bits per heavy atom. The van der Waals surface area contributed by atoms with Gasteiger partial charge in [-0.05, 0) is 20.3 Å². The Kier molecular flexibility index (Phi) is 2.95. The van der Waals surface area contributed by atoms with E-state index in [2.05, 4.69) is 13.8 Å². The molecule has 3 heteroatoms. The number of hydrogen-bond acceptors (Lipinski definition) is 1. The van der Waals surface area contributed by atoms with Crippen LogP contribution in [0.4, 0.5) is 4.79 Å². The summed E-state index contributed by atoms with van der Waals surface area (Å²) in [6.45, 7) is 8.88. The van der Waals surface area contributed by atoms with E-state index in [1.165, 1.54) is 0 Å². The van der Waals surface area contributed by atoms with Crippen molar-refractivity contribution in [3.63, 3.8) is 0 Å². The summed E-state index contributed by atoms with van der Waals surface area (Å²) in [6.07, 6.45) is 1.05. The minimum Gasteiger partial charge on any atom is -0.323 e. The maximum Gasteiger partial charge on any atom is 0.320 e. The van der Waals surface area contributed by atoms with Gasteiger partial charge < -0.3 is 9.80 Å². The fraction of sp³-hybridized carbons (Fsp3) is 0.889. The molecular weight excluding hydrogens is 152 g/mol. The van der Waals surface area contributed by atoms with Crippen molar-refractivity contribution in [2.24, 2.45) is 0 Å². The van der Waals surface area contributed by atoms with Crippen molar-refractivity contribution in [2.45, 2.75) is 33.2 Å². The largest absolute Gasteiger partial charge is 0.323 e. The molecule has 1 heterocycles. The van der Waals surface area contributed by atoms with E-state index in [4.69, 9.17) is 0 Å². The molecule has 0 bridgehead atoms. The van der Waals surface area contributed by atoms with Crippen molar-refractivity contribution in [3.8, 4) is 0 Å². The third kappa shape index (κ3) is 1.54. The predicted molar refractivity (Wildman–Crippen MR) is 49.1 cm³/mol. The van der Waals surface area contributed by atoms with Crippen molar-refractivity contribution < 1.29 is 4.79 Å². The van der Waals surface area contributed by atoms with Gasteiger partial charge in [-0.1, -0.05) is 6.92 Å². The molecule has 3 nitrogen and oxygen atoms in total. The summed E-state index contributed by atoms with van der Waals surface area (Å²) in [5, 5.41) is 0. The lowest BCUT2D eigenvalue weighted by atomic mass is 10.3. The van der Waals surface area contributed by atoms with Gasteiger partial charge in [0.05, 0.1) is 0 Å². The van der Waals surface area contributed by atoms with Gasteiger partial charge in [0.1, 0.15) is 0 Å². The number of rotatable bonds is 3. The number of carbonyl (C=O) groups excluding carboxylic acids is 1. The van der Waals surface area contributed by atoms with E-state index in [0.29, 0.717) is 6.04 Å². The quantitative estimate of drug-likeness (QED) is 0.630. The van der Waals surface area contributed by atoms with Crippen molar-refractivity contribution in [1.82, 2.24) is 9.80 Å². The SMILES string of the molecule is CCCN1C(=O)N(CC)CC1C. The highest BCUT2D eigenvalue weighted by atomic mass is 16.2. The third-order valence-electron chi connectivity index (χ3n) is 2.38. The van der Waals surface area contributed by atoms with Gasteiger partial charge in [-0.3, -0.25) is 0 Å². The smallest absolute Gasteiger partial charge is 0.320 e. The van der Waals surface area contributed by atoms with Crippen LogP contribution in [0.3, 0.4) is 0 Å². The first-order valence-electron chi connectivity index (χ1n) is 4.76. The normalized spacial score (nSPS) is 23.9. The van der Waals surface area contributed by atoms with Crippen LogP contribution in [0.2, 0.25) is 0 Å². The van der Waals surface area contributed by atoms with E-state index in [0.717, 1.165) is 26.1 Å². The maximum absolute atomic E-state index is 11.6. The molecule has 0 radical (unpaired) electrons. The lowest BCUT2D eigenvalue weighted by molar-refractivity contribution is 0.189. The number of hydrogen-bond donors (Lipinski definition) is 0. The van der Waals surface area contributed by atoms with Crippen LogP contribution in [0.15, 0.2) is 0 Å². The second kappa shape index (κ2) is 3.78. The standard InChI is InChI=1S/C9H18N2O/c1-4-6-11-8(3)7-10(5-2)9(11)12/h8H,4-7H2,1-3H3. The second-order valence-corrected chi connectivity index (χ2v) is 3.36. The summed E-state index contributed by atoms with van der Waals surface area (Å²) in [5.74, 6) is 0. The summed E-state index contributed by atoms with van der Waals surface area (Å²) in [7, 11) is 0. The molecule has 0 spiro atoms. The van der Waals surface area contributed by atoms with Crippen LogP contribution < -0.4 is 0 Å². The number of amides is 2. The van der Waals surface area contributed by atoms with Gasteiger partial charge in [-0.2, -0.15) is 0 Å². The monoisotopic (exact) mass is 170 g/mol. The maximum atomic E-state index is 11.6. The Bertz CT molecular complexity index is 170. The Morgan fingerprint density at radius 2 is 2.17 bits per heavy atom. The highest BCUT2D eigenvalue weighted by Crippen LogP contribution is 2.14. The average Bonchev–Trinajstić information content (AvgIpc) is 2.32. The minimum absolute atomic E-state index is 0.215. The molecule has 70 valence electrons. The molecular formula is C9H18N2O. The van der Waals surface area contributed by atoms with Gasteiger partial charge in [0.2, 0.25) is 0 Å². The predicted octanol–water partition coefficient (Wildman–Crippen LogP) is 1.54. The second-order valence-electron chi connectivity index (χ2n) is 3.36. The van der Waals surface area contributed by atoms with Gasteiger partial charge in [0.15, 0.2) is 0 Å². The molecule has 1 rings (SSSR count). The van der Waals surface area contributed by atoms with E-state index in [-0.39, 0.29) is 6.03 Å².